The largest absolute Gasteiger partial charge is 0.418 e. The van der Waals surface area contributed by atoms with Gasteiger partial charge in [-0.15, -0.1) is 11.6 Å². The summed E-state index contributed by atoms with van der Waals surface area (Å²) >= 11 is 5.63. The highest BCUT2D eigenvalue weighted by Crippen LogP contribution is 2.39. The number of nitrogens with zero attached hydrogens (tertiary/aromatic N) is 1. The first kappa shape index (κ1) is 15.7. The number of alkyl halides is 4. The van der Waals surface area contributed by atoms with Crippen molar-refractivity contribution in [2.75, 3.05) is 11.9 Å². The van der Waals surface area contributed by atoms with E-state index in [0.29, 0.717) is 11.3 Å². The molecule has 0 N–H and O–H groups in total. The van der Waals surface area contributed by atoms with E-state index in [4.69, 9.17) is 11.6 Å². The van der Waals surface area contributed by atoms with Crippen LogP contribution in [-0.4, -0.2) is 7.05 Å². The summed E-state index contributed by atoms with van der Waals surface area (Å²) < 4.78 is 39.7. The van der Waals surface area contributed by atoms with Crippen LogP contribution < -0.4 is 4.90 Å². The van der Waals surface area contributed by atoms with Gasteiger partial charge in [0.1, 0.15) is 0 Å². The zero-order chi connectivity index (χ0) is 15.6. The molecule has 21 heavy (non-hydrogen) atoms. The van der Waals surface area contributed by atoms with Crippen LogP contribution in [0.25, 0.3) is 0 Å². The van der Waals surface area contributed by atoms with Gasteiger partial charge in [0, 0.05) is 18.6 Å². The summed E-state index contributed by atoms with van der Waals surface area (Å²) in [4.78, 5) is 1.53. The third-order valence-corrected chi connectivity index (χ3v) is 3.61. The highest BCUT2D eigenvalue weighted by Gasteiger charge is 2.34. The van der Waals surface area contributed by atoms with Gasteiger partial charge in [-0.05, 0) is 36.8 Å². The van der Waals surface area contributed by atoms with Crippen molar-refractivity contribution in [2.45, 2.75) is 19.0 Å². The van der Waals surface area contributed by atoms with Crippen LogP contribution in [-0.2, 0) is 12.1 Å². The first-order chi connectivity index (χ1) is 9.82. The predicted octanol–water partition coefficient (Wildman–Crippen LogP) is 5.52. The zero-order valence-corrected chi connectivity index (χ0v) is 12.5. The maximum Gasteiger partial charge on any atom is 0.418 e. The van der Waals surface area contributed by atoms with Gasteiger partial charge in [-0.25, -0.2) is 0 Å². The third-order valence-electron chi connectivity index (χ3n) is 3.30. The van der Waals surface area contributed by atoms with Gasteiger partial charge in [-0.3, -0.25) is 0 Å². The topological polar surface area (TPSA) is 3.24 Å². The molecule has 0 aliphatic rings. The van der Waals surface area contributed by atoms with E-state index >= 15 is 0 Å². The molecule has 2 aromatic rings. The van der Waals surface area contributed by atoms with Crippen LogP contribution in [0, 0.1) is 6.92 Å². The van der Waals surface area contributed by atoms with Crippen LogP contribution in [0.2, 0.25) is 0 Å². The summed E-state index contributed by atoms with van der Waals surface area (Å²) in [5.41, 5.74) is 1.64. The van der Waals surface area contributed by atoms with Gasteiger partial charge in [0.25, 0.3) is 0 Å². The Bertz CT molecular complexity index is 620. The average molecular weight is 314 g/mol. The Morgan fingerprint density at radius 2 is 1.67 bits per heavy atom. The van der Waals surface area contributed by atoms with Crippen LogP contribution >= 0.6 is 11.6 Å². The second kappa shape index (κ2) is 5.98. The molecular formula is C16H15ClF3N. The minimum Gasteiger partial charge on any atom is -0.344 e. The third kappa shape index (κ3) is 3.50. The molecule has 0 unspecified atom stereocenters. The fraction of sp³-hybridized carbons (Fsp3) is 0.250. The van der Waals surface area contributed by atoms with E-state index in [-0.39, 0.29) is 11.6 Å². The van der Waals surface area contributed by atoms with Crippen molar-refractivity contribution in [3.8, 4) is 0 Å². The molecule has 0 aliphatic heterocycles. The lowest BCUT2D eigenvalue weighted by Gasteiger charge is -2.24. The second-order valence-corrected chi connectivity index (χ2v) is 5.14. The van der Waals surface area contributed by atoms with Crippen LogP contribution in [0.5, 0.6) is 0 Å². The van der Waals surface area contributed by atoms with Crippen molar-refractivity contribution in [2.24, 2.45) is 0 Å². The first-order valence-electron chi connectivity index (χ1n) is 6.39. The van der Waals surface area contributed by atoms with Crippen molar-refractivity contribution in [3.05, 3.63) is 59.2 Å². The molecule has 0 bridgehead atoms. The molecule has 0 saturated carbocycles. The van der Waals surface area contributed by atoms with Gasteiger partial charge in [-0.1, -0.05) is 23.8 Å². The molecule has 2 aromatic carbocycles. The smallest absolute Gasteiger partial charge is 0.344 e. The highest BCUT2D eigenvalue weighted by atomic mass is 35.5. The number of anilines is 2. The maximum atomic E-state index is 13.2. The Morgan fingerprint density at radius 3 is 2.19 bits per heavy atom. The number of benzene rings is 2. The average Bonchev–Trinajstić information content (AvgIpc) is 2.46. The SMILES string of the molecule is Cc1ccc(N(C)c2ccc(CCl)cc2C(F)(F)F)cc1. The van der Waals surface area contributed by atoms with Gasteiger partial charge in [0.05, 0.1) is 11.3 Å². The van der Waals surface area contributed by atoms with Crippen LogP contribution in [0.15, 0.2) is 42.5 Å². The van der Waals surface area contributed by atoms with Gasteiger partial charge >= 0.3 is 6.18 Å². The minimum absolute atomic E-state index is 0.0532. The molecular weight excluding hydrogens is 299 g/mol. The van der Waals surface area contributed by atoms with E-state index in [0.717, 1.165) is 11.6 Å². The van der Waals surface area contributed by atoms with Crippen molar-refractivity contribution >= 4 is 23.0 Å². The lowest BCUT2D eigenvalue weighted by molar-refractivity contribution is -0.137. The number of rotatable bonds is 3. The summed E-state index contributed by atoms with van der Waals surface area (Å²) in [6.45, 7) is 1.93. The lowest BCUT2D eigenvalue weighted by Crippen LogP contribution is -2.17. The molecule has 0 aromatic heterocycles. The zero-order valence-electron chi connectivity index (χ0n) is 11.7. The summed E-state index contributed by atoms with van der Waals surface area (Å²) in [6.07, 6.45) is -4.42. The van der Waals surface area contributed by atoms with Gasteiger partial charge < -0.3 is 4.90 Å². The molecule has 2 rings (SSSR count). The Labute approximate surface area is 127 Å². The normalized spacial score (nSPS) is 11.5. The summed E-state index contributed by atoms with van der Waals surface area (Å²) in [6, 6.07) is 11.5. The van der Waals surface area contributed by atoms with E-state index in [1.54, 1.807) is 25.2 Å². The molecule has 0 radical (unpaired) electrons. The van der Waals surface area contributed by atoms with Crippen LogP contribution in [0.3, 0.4) is 0 Å². The number of aryl methyl sites for hydroxylation is 1. The van der Waals surface area contributed by atoms with Crippen molar-refractivity contribution in [1.82, 2.24) is 0 Å². The second-order valence-electron chi connectivity index (χ2n) is 4.88. The Hall–Kier alpha value is -1.68. The van der Waals surface area contributed by atoms with E-state index < -0.39 is 11.7 Å². The quantitative estimate of drug-likeness (QED) is 0.674. The number of halogens is 4. The molecule has 0 aliphatic carbocycles. The molecule has 5 heteroatoms. The van der Waals surface area contributed by atoms with Gasteiger partial charge in [0.2, 0.25) is 0 Å². The molecule has 1 nitrogen and oxygen atoms in total. The summed E-state index contributed by atoms with van der Waals surface area (Å²) in [7, 11) is 1.62. The van der Waals surface area contributed by atoms with Crippen LogP contribution in [0.1, 0.15) is 16.7 Å². The van der Waals surface area contributed by atoms with Gasteiger partial charge in [0.15, 0.2) is 0 Å². The Balaban J connectivity index is 2.49. The van der Waals surface area contributed by atoms with E-state index in [2.05, 4.69) is 0 Å². The van der Waals surface area contributed by atoms with E-state index in [9.17, 15) is 13.2 Å². The Kier molecular flexibility index (Phi) is 4.47. The number of hydrogen-bond donors (Lipinski definition) is 0. The molecule has 0 heterocycles. The van der Waals surface area contributed by atoms with Crippen molar-refractivity contribution in [3.63, 3.8) is 0 Å². The van der Waals surface area contributed by atoms with E-state index in [1.165, 1.54) is 11.0 Å². The molecule has 112 valence electrons. The van der Waals surface area contributed by atoms with Crippen LogP contribution in [0.4, 0.5) is 24.5 Å². The fourth-order valence-corrected chi connectivity index (χ4v) is 2.26. The van der Waals surface area contributed by atoms with Gasteiger partial charge in [-0.2, -0.15) is 13.2 Å². The summed E-state index contributed by atoms with van der Waals surface area (Å²) in [5, 5.41) is 0. The van der Waals surface area contributed by atoms with E-state index in [1.807, 2.05) is 19.1 Å². The minimum atomic E-state index is -4.42. The molecule has 0 amide bonds. The van der Waals surface area contributed by atoms with Crippen molar-refractivity contribution < 1.29 is 13.2 Å². The highest BCUT2D eigenvalue weighted by molar-refractivity contribution is 6.17. The monoisotopic (exact) mass is 313 g/mol. The Morgan fingerprint density at radius 1 is 1.05 bits per heavy atom. The molecule has 0 atom stereocenters. The maximum absolute atomic E-state index is 13.2. The van der Waals surface area contributed by atoms with Crippen molar-refractivity contribution in [1.29, 1.82) is 0 Å². The standard InChI is InChI=1S/C16H15ClF3N/c1-11-3-6-13(7-4-11)21(2)15-8-5-12(10-17)9-14(15)16(18,19)20/h3-9H,10H2,1-2H3. The summed E-state index contributed by atoms with van der Waals surface area (Å²) in [5.74, 6) is 0.0532. The molecule has 0 saturated heterocycles. The fourth-order valence-electron chi connectivity index (χ4n) is 2.09. The molecule has 0 spiro atoms. The lowest BCUT2D eigenvalue weighted by atomic mass is 10.1. The number of hydrogen-bond acceptors (Lipinski definition) is 1. The first-order valence-corrected chi connectivity index (χ1v) is 6.93. The molecule has 0 fully saturated rings. The predicted molar refractivity (Wildman–Crippen MR) is 80.2 cm³/mol.